The number of benzene rings is 1. The van der Waals surface area contributed by atoms with Crippen molar-refractivity contribution in [3.8, 4) is 5.75 Å². The molecule has 1 N–H and O–H groups in total. The molecule has 0 saturated heterocycles. The lowest BCUT2D eigenvalue weighted by Gasteiger charge is -2.15. The minimum Gasteiger partial charge on any atom is -0.479 e. The van der Waals surface area contributed by atoms with Crippen molar-refractivity contribution >= 4 is 17.6 Å². The van der Waals surface area contributed by atoms with Gasteiger partial charge in [0.05, 0.1) is 0 Å². The van der Waals surface area contributed by atoms with Crippen LogP contribution in [0.2, 0.25) is 5.02 Å². The quantitative estimate of drug-likeness (QED) is 0.902. The normalized spacial score (nSPS) is 16.6. The average Bonchev–Trinajstić information content (AvgIpc) is 3.04. The van der Waals surface area contributed by atoms with Gasteiger partial charge < -0.3 is 9.84 Å². The van der Waals surface area contributed by atoms with E-state index in [4.69, 9.17) is 21.4 Å². The van der Waals surface area contributed by atoms with Crippen molar-refractivity contribution in [2.45, 2.75) is 31.8 Å². The SMILES string of the molecule is CC(Oc1c(F)cc(Cl)cc1C1CC1)C(=O)O. The molecule has 0 aromatic heterocycles. The highest BCUT2D eigenvalue weighted by molar-refractivity contribution is 6.30. The zero-order valence-electron chi connectivity index (χ0n) is 9.24. The Bertz CT molecular complexity index is 457. The first-order valence-electron chi connectivity index (χ1n) is 5.37. The van der Waals surface area contributed by atoms with Crippen LogP contribution in [0, 0.1) is 5.82 Å². The number of carboxylic acids is 1. The summed E-state index contributed by atoms with van der Waals surface area (Å²) in [4.78, 5) is 10.7. The summed E-state index contributed by atoms with van der Waals surface area (Å²) < 4.78 is 18.9. The number of halogens is 2. The number of rotatable bonds is 4. The first kappa shape index (κ1) is 12.2. The maximum Gasteiger partial charge on any atom is 0.344 e. The van der Waals surface area contributed by atoms with Crippen LogP contribution in [0.4, 0.5) is 4.39 Å². The first-order valence-corrected chi connectivity index (χ1v) is 5.75. The lowest BCUT2D eigenvalue weighted by Crippen LogP contribution is -2.24. The van der Waals surface area contributed by atoms with E-state index in [0.29, 0.717) is 10.6 Å². The van der Waals surface area contributed by atoms with E-state index in [1.165, 1.54) is 6.92 Å². The Hall–Kier alpha value is -1.29. The summed E-state index contributed by atoms with van der Waals surface area (Å²) in [5, 5.41) is 9.07. The van der Waals surface area contributed by atoms with Gasteiger partial charge in [0.25, 0.3) is 0 Å². The molecule has 1 atom stereocenters. The second-order valence-corrected chi connectivity index (χ2v) is 4.61. The maximum absolute atomic E-state index is 13.7. The smallest absolute Gasteiger partial charge is 0.344 e. The molecule has 0 radical (unpaired) electrons. The molecule has 0 aliphatic heterocycles. The highest BCUT2D eigenvalue weighted by atomic mass is 35.5. The fourth-order valence-corrected chi connectivity index (χ4v) is 1.84. The summed E-state index contributed by atoms with van der Waals surface area (Å²) in [5.41, 5.74) is 0.670. The summed E-state index contributed by atoms with van der Waals surface area (Å²) >= 11 is 5.78. The Morgan fingerprint density at radius 2 is 2.24 bits per heavy atom. The predicted octanol–water partition coefficient (Wildman–Crippen LogP) is 3.21. The van der Waals surface area contributed by atoms with E-state index in [2.05, 4.69) is 0 Å². The molecule has 1 aliphatic rings. The molecular formula is C12H12ClFO3. The molecule has 1 aromatic rings. The summed E-state index contributed by atoms with van der Waals surface area (Å²) in [6, 6.07) is 2.78. The highest BCUT2D eigenvalue weighted by Gasteiger charge is 2.30. The molecule has 0 spiro atoms. The first-order chi connectivity index (χ1) is 7.99. The third-order valence-electron chi connectivity index (χ3n) is 2.70. The predicted molar refractivity (Wildman–Crippen MR) is 61.1 cm³/mol. The van der Waals surface area contributed by atoms with Gasteiger partial charge in [-0.3, -0.25) is 0 Å². The molecule has 2 rings (SSSR count). The van der Waals surface area contributed by atoms with E-state index in [1.807, 2.05) is 0 Å². The van der Waals surface area contributed by atoms with Crippen LogP contribution in [0.25, 0.3) is 0 Å². The monoisotopic (exact) mass is 258 g/mol. The minimum atomic E-state index is -1.12. The van der Waals surface area contributed by atoms with E-state index >= 15 is 0 Å². The fraction of sp³-hybridized carbons (Fsp3) is 0.417. The van der Waals surface area contributed by atoms with Crippen LogP contribution < -0.4 is 4.74 Å². The number of carboxylic acid groups (broad SMARTS) is 1. The summed E-state index contributed by atoms with van der Waals surface area (Å²) in [7, 11) is 0. The van der Waals surface area contributed by atoms with Crippen molar-refractivity contribution in [1.29, 1.82) is 0 Å². The molecule has 1 fully saturated rings. The number of hydrogen-bond donors (Lipinski definition) is 1. The third kappa shape index (κ3) is 2.69. The fourth-order valence-electron chi connectivity index (χ4n) is 1.63. The number of hydrogen-bond acceptors (Lipinski definition) is 2. The van der Waals surface area contributed by atoms with Crippen molar-refractivity contribution in [1.82, 2.24) is 0 Å². The molecule has 3 nitrogen and oxygen atoms in total. The van der Waals surface area contributed by atoms with Gasteiger partial charge in [0.1, 0.15) is 0 Å². The van der Waals surface area contributed by atoms with Crippen LogP contribution in [0.5, 0.6) is 5.75 Å². The van der Waals surface area contributed by atoms with Crippen LogP contribution in [0.1, 0.15) is 31.2 Å². The average molecular weight is 259 g/mol. The van der Waals surface area contributed by atoms with Gasteiger partial charge in [-0.15, -0.1) is 0 Å². The Morgan fingerprint density at radius 1 is 1.59 bits per heavy atom. The number of carbonyl (C=O) groups is 1. The van der Waals surface area contributed by atoms with E-state index in [-0.39, 0.29) is 11.7 Å². The van der Waals surface area contributed by atoms with Crippen LogP contribution >= 0.6 is 11.6 Å². The molecule has 17 heavy (non-hydrogen) atoms. The zero-order chi connectivity index (χ0) is 12.6. The second-order valence-electron chi connectivity index (χ2n) is 4.18. The summed E-state index contributed by atoms with van der Waals surface area (Å²) in [6.45, 7) is 1.37. The third-order valence-corrected chi connectivity index (χ3v) is 2.91. The zero-order valence-corrected chi connectivity index (χ0v) is 10.00. The van der Waals surface area contributed by atoms with Crippen molar-refractivity contribution in [2.24, 2.45) is 0 Å². The lowest BCUT2D eigenvalue weighted by atomic mass is 10.1. The molecule has 1 aliphatic carbocycles. The summed E-state index contributed by atoms with van der Waals surface area (Å²) in [6.07, 6.45) is 0.832. The Morgan fingerprint density at radius 3 is 2.76 bits per heavy atom. The van der Waals surface area contributed by atoms with Gasteiger partial charge in [-0.2, -0.15) is 0 Å². The molecule has 5 heteroatoms. The molecule has 1 saturated carbocycles. The molecule has 0 heterocycles. The van der Waals surface area contributed by atoms with Gasteiger partial charge in [-0.1, -0.05) is 11.6 Å². The Labute approximate surface area is 103 Å². The number of ether oxygens (including phenoxy) is 1. The molecule has 1 unspecified atom stereocenters. The van der Waals surface area contributed by atoms with Gasteiger partial charge in [-0.25, -0.2) is 9.18 Å². The van der Waals surface area contributed by atoms with E-state index in [1.54, 1.807) is 6.07 Å². The van der Waals surface area contributed by atoms with E-state index in [9.17, 15) is 9.18 Å². The molecule has 1 aromatic carbocycles. The van der Waals surface area contributed by atoms with Gasteiger partial charge in [0.2, 0.25) is 0 Å². The topological polar surface area (TPSA) is 46.5 Å². The Kier molecular flexibility index (Phi) is 3.24. The second kappa shape index (κ2) is 4.53. The van der Waals surface area contributed by atoms with E-state index < -0.39 is 17.9 Å². The molecule has 0 amide bonds. The Balaban J connectivity index is 2.34. The standard InChI is InChI=1S/C12H12ClFO3/c1-6(12(15)16)17-11-9(7-2-3-7)4-8(13)5-10(11)14/h4-7H,2-3H2,1H3,(H,15,16). The lowest BCUT2D eigenvalue weighted by molar-refractivity contribution is -0.144. The van der Waals surface area contributed by atoms with Gasteiger partial charge in [0, 0.05) is 10.6 Å². The van der Waals surface area contributed by atoms with E-state index in [0.717, 1.165) is 18.9 Å². The van der Waals surface area contributed by atoms with Crippen LogP contribution in [0.15, 0.2) is 12.1 Å². The van der Waals surface area contributed by atoms with Crippen LogP contribution in [-0.4, -0.2) is 17.2 Å². The molecule has 0 bridgehead atoms. The van der Waals surface area contributed by atoms with Gasteiger partial charge in [-0.05, 0) is 37.8 Å². The van der Waals surface area contributed by atoms with Crippen molar-refractivity contribution < 1.29 is 19.0 Å². The molecular weight excluding hydrogens is 247 g/mol. The highest BCUT2D eigenvalue weighted by Crippen LogP contribution is 2.46. The molecule has 92 valence electrons. The van der Waals surface area contributed by atoms with Crippen LogP contribution in [0.3, 0.4) is 0 Å². The largest absolute Gasteiger partial charge is 0.479 e. The van der Waals surface area contributed by atoms with Crippen molar-refractivity contribution in [3.05, 3.63) is 28.5 Å². The van der Waals surface area contributed by atoms with Gasteiger partial charge in [0.15, 0.2) is 17.7 Å². The van der Waals surface area contributed by atoms with Crippen LogP contribution in [-0.2, 0) is 4.79 Å². The minimum absolute atomic E-state index is 0.0202. The summed E-state index contributed by atoms with van der Waals surface area (Å²) in [5.74, 6) is -1.47. The van der Waals surface area contributed by atoms with Gasteiger partial charge >= 0.3 is 5.97 Å². The van der Waals surface area contributed by atoms with Crippen molar-refractivity contribution in [2.75, 3.05) is 0 Å². The van der Waals surface area contributed by atoms with Crippen molar-refractivity contribution in [3.63, 3.8) is 0 Å². The maximum atomic E-state index is 13.7. The number of aliphatic carboxylic acids is 1.